The van der Waals surface area contributed by atoms with Gasteiger partial charge in [0.25, 0.3) is 10.0 Å². The third kappa shape index (κ3) is 5.78. The Bertz CT molecular complexity index is 1530. The SMILES string of the molecule is O=S(=O)(Nc1cscn1)c1cc(Cl)c(Oc2ccc(Cl)cc2-c2ccnc(N3CCNCC3)n2)cc1F. The Hall–Kier alpha value is -3.03. The molecule has 0 bridgehead atoms. The predicted octanol–water partition coefficient (Wildman–Crippen LogP) is 5.05. The van der Waals surface area contributed by atoms with Gasteiger partial charge in [-0.3, -0.25) is 4.72 Å². The number of aromatic nitrogens is 3. The minimum absolute atomic E-state index is 0.0771. The molecule has 14 heteroatoms. The summed E-state index contributed by atoms with van der Waals surface area (Å²) in [6.45, 7) is 3.19. The van der Waals surface area contributed by atoms with E-state index >= 15 is 0 Å². The largest absolute Gasteiger partial charge is 0.455 e. The van der Waals surface area contributed by atoms with Gasteiger partial charge in [-0.05, 0) is 30.3 Å². The lowest BCUT2D eigenvalue weighted by Crippen LogP contribution is -2.44. The molecule has 192 valence electrons. The first kappa shape index (κ1) is 25.6. The van der Waals surface area contributed by atoms with Gasteiger partial charge < -0.3 is 15.0 Å². The van der Waals surface area contributed by atoms with Crippen molar-refractivity contribution in [1.82, 2.24) is 20.3 Å². The number of nitrogens with zero attached hydrogens (tertiary/aromatic N) is 4. The summed E-state index contributed by atoms with van der Waals surface area (Å²) in [7, 11) is -4.26. The average molecular weight is 581 g/mol. The summed E-state index contributed by atoms with van der Waals surface area (Å²) in [4.78, 5) is 14.4. The van der Waals surface area contributed by atoms with Gasteiger partial charge in [-0.1, -0.05) is 23.2 Å². The Kier molecular flexibility index (Phi) is 7.45. The molecule has 3 heterocycles. The highest BCUT2D eigenvalue weighted by molar-refractivity contribution is 7.92. The summed E-state index contributed by atoms with van der Waals surface area (Å²) in [5, 5.41) is 5.10. The molecular formula is C23H19Cl2FN6O3S2. The smallest absolute Gasteiger partial charge is 0.266 e. The lowest BCUT2D eigenvalue weighted by Gasteiger charge is -2.27. The number of nitrogens with one attached hydrogen (secondary N) is 2. The minimum Gasteiger partial charge on any atom is -0.455 e. The first-order chi connectivity index (χ1) is 17.8. The van der Waals surface area contributed by atoms with Crippen molar-refractivity contribution in [3.63, 3.8) is 0 Å². The molecule has 0 spiro atoms. The van der Waals surface area contributed by atoms with Crippen molar-refractivity contribution in [1.29, 1.82) is 0 Å². The van der Waals surface area contributed by atoms with Crippen molar-refractivity contribution in [2.24, 2.45) is 0 Å². The summed E-state index contributed by atoms with van der Waals surface area (Å²) < 4.78 is 48.5. The lowest BCUT2D eigenvalue weighted by molar-refractivity contribution is 0.475. The molecule has 0 unspecified atom stereocenters. The van der Waals surface area contributed by atoms with Crippen LogP contribution in [0.4, 0.5) is 16.2 Å². The van der Waals surface area contributed by atoms with Gasteiger partial charge in [0.05, 0.1) is 16.2 Å². The molecule has 37 heavy (non-hydrogen) atoms. The second-order valence-corrected chi connectivity index (χ2v) is 11.1. The molecular weight excluding hydrogens is 562 g/mol. The number of hydrogen-bond acceptors (Lipinski definition) is 9. The molecule has 1 aliphatic heterocycles. The highest BCUT2D eigenvalue weighted by Crippen LogP contribution is 2.39. The van der Waals surface area contributed by atoms with Crippen LogP contribution in [0.3, 0.4) is 0 Å². The van der Waals surface area contributed by atoms with Crippen LogP contribution in [0.15, 0.2) is 58.4 Å². The molecule has 0 radical (unpaired) electrons. The number of thiazole rings is 1. The van der Waals surface area contributed by atoms with Gasteiger partial charge in [0.15, 0.2) is 5.82 Å². The third-order valence-corrected chi connectivity index (χ3v) is 7.91. The Morgan fingerprint density at radius 3 is 2.65 bits per heavy atom. The fraction of sp³-hybridized carbons (Fsp3) is 0.174. The van der Waals surface area contributed by atoms with E-state index in [1.54, 1.807) is 30.5 Å². The van der Waals surface area contributed by atoms with Crippen LogP contribution in [0.25, 0.3) is 11.3 Å². The summed E-state index contributed by atoms with van der Waals surface area (Å²) >= 11 is 13.8. The lowest BCUT2D eigenvalue weighted by atomic mass is 10.1. The Morgan fingerprint density at radius 2 is 1.89 bits per heavy atom. The second-order valence-electron chi connectivity index (χ2n) is 7.91. The topological polar surface area (TPSA) is 109 Å². The first-order valence-electron chi connectivity index (χ1n) is 11.0. The molecule has 0 saturated carbocycles. The number of rotatable bonds is 7. The Labute approximate surface area is 226 Å². The Balaban J connectivity index is 1.46. The molecule has 1 aliphatic rings. The van der Waals surface area contributed by atoms with Gasteiger partial charge in [0, 0.05) is 54.4 Å². The zero-order valence-electron chi connectivity index (χ0n) is 19.0. The van der Waals surface area contributed by atoms with E-state index in [4.69, 9.17) is 27.9 Å². The number of ether oxygens (including phenoxy) is 1. The number of benzene rings is 2. The Morgan fingerprint density at radius 1 is 1.08 bits per heavy atom. The highest BCUT2D eigenvalue weighted by atomic mass is 35.5. The van der Waals surface area contributed by atoms with Crippen molar-refractivity contribution < 1.29 is 17.5 Å². The molecule has 0 amide bonds. The van der Waals surface area contributed by atoms with E-state index in [-0.39, 0.29) is 16.6 Å². The summed E-state index contributed by atoms with van der Waals surface area (Å²) in [5.74, 6) is -0.174. The van der Waals surface area contributed by atoms with Crippen LogP contribution in [0.2, 0.25) is 10.0 Å². The van der Waals surface area contributed by atoms with Crippen LogP contribution in [-0.2, 0) is 10.0 Å². The van der Waals surface area contributed by atoms with Crippen LogP contribution in [0, 0.1) is 5.82 Å². The second kappa shape index (κ2) is 10.8. The minimum atomic E-state index is -4.26. The molecule has 0 atom stereocenters. The van der Waals surface area contributed by atoms with Crippen molar-refractivity contribution >= 4 is 56.3 Å². The number of sulfonamides is 1. The molecule has 2 N–H and O–H groups in total. The highest BCUT2D eigenvalue weighted by Gasteiger charge is 2.24. The molecule has 1 saturated heterocycles. The number of anilines is 2. The van der Waals surface area contributed by atoms with Gasteiger partial charge in [0.2, 0.25) is 5.95 Å². The monoisotopic (exact) mass is 580 g/mol. The van der Waals surface area contributed by atoms with E-state index in [2.05, 4.69) is 29.9 Å². The zero-order chi connectivity index (χ0) is 26.0. The van der Waals surface area contributed by atoms with Crippen molar-refractivity contribution in [3.8, 4) is 22.8 Å². The van der Waals surface area contributed by atoms with Crippen molar-refractivity contribution in [2.45, 2.75) is 4.90 Å². The van der Waals surface area contributed by atoms with Crippen molar-refractivity contribution in [2.75, 3.05) is 35.8 Å². The fourth-order valence-corrected chi connectivity index (χ4v) is 5.76. The number of hydrogen-bond donors (Lipinski definition) is 2. The van der Waals surface area contributed by atoms with Crippen LogP contribution < -0.4 is 19.7 Å². The van der Waals surface area contributed by atoms with Crippen LogP contribution in [0.5, 0.6) is 11.5 Å². The molecule has 4 aromatic rings. The molecule has 2 aromatic heterocycles. The maximum atomic E-state index is 15.0. The third-order valence-electron chi connectivity index (χ3n) is 5.43. The van der Waals surface area contributed by atoms with E-state index in [0.29, 0.717) is 28.0 Å². The summed E-state index contributed by atoms with van der Waals surface area (Å²) in [6, 6.07) is 8.51. The van der Waals surface area contributed by atoms with Crippen molar-refractivity contribution in [3.05, 3.63) is 69.3 Å². The quantitative estimate of drug-likeness (QED) is 0.312. The van der Waals surface area contributed by atoms with E-state index in [1.165, 1.54) is 22.2 Å². The summed E-state index contributed by atoms with van der Waals surface area (Å²) in [6.07, 6.45) is 1.64. The number of halogens is 3. The molecule has 0 aliphatic carbocycles. The molecule has 2 aromatic carbocycles. The van der Waals surface area contributed by atoms with Gasteiger partial charge in [-0.15, -0.1) is 11.3 Å². The first-order valence-corrected chi connectivity index (χ1v) is 14.1. The van der Waals surface area contributed by atoms with Gasteiger partial charge >= 0.3 is 0 Å². The van der Waals surface area contributed by atoms with Crippen LogP contribution in [-0.4, -0.2) is 49.5 Å². The van der Waals surface area contributed by atoms with Crippen LogP contribution >= 0.6 is 34.5 Å². The molecule has 5 rings (SSSR count). The maximum absolute atomic E-state index is 15.0. The van der Waals surface area contributed by atoms with E-state index in [1.807, 2.05) is 0 Å². The van der Waals surface area contributed by atoms with Gasteiger partial charge in [0.1, 0.15) is 22.2 Å². The average Bonchev–Trinajstić information content (AvgIpc) is 3.40. The standard InChI is InChI=1S/C23H19Cl2FN6O3S2/c24-14-1-2-19(15(9-14)18-3-4-28-23(30-18)32-7-5-27-6-8-32)35-20-11-17(26)21(10-16(20)25)37(33,34)31-22-12-36-13-29-22/h1-4,9-13,27,31H,5-8H2. The van der Waals surface area contributed by atoms with Gasteiger partial charge in [-0.2, -0.15) is 0 Å². The maximum Gasteiger partial charge on any atom is 0.266 e. The summed E-state index contributed by atoms with van der Waals surface area (Å²) in [5.41, 5.74) is 2.53. The zero-order valence-corrected chi connectivity index (χ0v) is 22.1. The molecule has 9 nitrogen and oxygen atoms in total. The molecule has 1 fully saturated rings. The fourth-order valence-electron chi connectivity index (χ4n) is 3.68. The van der Waals surface area contributed by atoms with Crippen LogP contribution in [0.1, 0.15) is 0 Å². The van der Waals surface area contributed by atoms with E-state index in [9.17, 15) is 12.8 Å². The van der Waals surface area contributed by atoms with E-state index in [0.717, 1.165) is 38.3 Å². The number of piperazine rings is 1. The van der Waals surface area contributed by atoms with E-state index < -0.39 is 20.7 Å². The predicted molar refractivity (Wildman–Crippen MR) is 142 cm³/mol. The normalized spacial score (nSPS) is 14.0. The van der Waals surface area contributed by atoms with Gasteiger partial charge in [-0.25, -0.2) is 27.8 Å².